The third-order valence-electron chi connectivity index (χ3n) is 3.66. The molecule has 8 heteroatoms. The number of carboxylic acid groups (broad SMARTS) is 1. The molecule has 1 atom stereocenters. The zero-order valence-corrected chi connectivity index (χ0v) is 12.9. The van der Waals surface area contributed by atoms with Crippen LogP contribution in [-0.4, -0.2) is 50.0 Å². The van der Waals surface area contributed by atoms with E-state index < -0.39 is 27.9 Å². The number of aromatic carboxylic acids is 1. The molecule has 22 heavy (non-hydrogen) atoms. The van der Waals surface area contributed by atoms with Gasteiger partial charge in [0.2, 0.25) is 10.0 Å². The number of rotatable bonds is 4. The lowest BCUT2D eigenvalue weighted by Gasteiger charge is -2.30. The average Bonchev–Trinajstić information content (AvgIpc) is 2.54. The smallest absolute Gasteiger partial charge is 0.335 e. The summed E-state index contributed by atoms with van der Waals surface area (Å²) in [4.78, 5) is 22.4. The maximum Gasteiger partial charge on any atom is 0.335 e. The van der Waals surface area contributed by atoms with Gasteiger partial charge in [-0.2, -0.15) is 4.31 Å². The second-order valence-electron chi connectivity index (χ2n) is 5.05. The van der Waals surface area contributed by atoms with Crippen LogP contribution in [0.4, 0.5) is 0 Å². The monoisotopic (exact) mass is 327 g/mol. The van der Waals surface area contributed by atoms with Crippen molar-refractivity contribution in [3.05, 3.63) is 29.8 Å². The molecule has 0 saturated carbocycles. The third kappa shape index (κ3) is 3.28. The molecule has 1 N–H and O–H groups in total. The minimum Gasteiger partial charge on any atom is -0.478 e. The maximum atomic E-state index is 12.6. The quantitative estimate of drug-likeness (QED) is 0.827. The summed E-state index contributed by atoms with van der Waals surface area (Å²) in [6, 6.07) is 5.02. The van der Waals surface area contributed by atoms with Crippen molar-refractivity contribution in [2.75, 3.05) is 20.2 Å². The van der Waals surface area contributed by atoms with E-state index in [0.717, 1.165) is 0 Å². The van der Waals surface area contributed by atoms with E-state index in [-0.39, 0.29) is 17.0 Å². The van der Waals surface area contributed by atoms with E-state index in [0.29, 0.717) is 19.4 Å². The van der Waals surface area contributed by atoms with E-state index in [9.17, 15) is 18.0 Å². The van der Waals surface area contributed by atoms with Gasteiger partial charge in [0.1, 0.15) is 0 Å². The number of methoxy groups -OCH3 is 1. The Morgan fingerprint density at radius 1 is 1.27 bits per heavy atom. The Morgan fingerprint density at radius 2 is 1.91 bits per heavy atom. The van der Waals surface area contributed by atoms with Crippen molar-refractivity contribution in [1.29, 1.82) is 0 Å². The summed E-state index contributed by atoms with van der Waals surface area (Å²) in [6.45, 7) is 0.409. The summed E-state index contributed by atoms with van der Waals surface area (Å²) in [5.74, 6) is -2.00. The minimum atomic E-state index is -3.75. The predicted octanol–water partition coefficient (Wildman–Crippen LogP) is 0.958. The van der Waals surface area contributed by atoms with Crippen molar-refractivity contribution in [1.82, 2.24) is 4.31 Å². The van der Waals surface area contributed by atoms with Gasteiger partial charge in [-0.25, -0.2) is 13.2 Å². The Morgan fingerprint density at radius 3 is 2.45 bits per heavy atom. The highest BCUT2D eigenvalue weighted by Crippen LogP contribution is 2.24. The van der Waals surface area contributed by atoms with E-state index in [2.05, 4.69) is 4.74 Å². The summed E-state index contributed by atoms with van der Waals surface area (Å²) in [5.41, 5.74) is 0.0185. The van der Waals surface area contributed by atoms with Gasteiger partial charge in [0.25, 0.3) is 0 Å². The van der Waals surface area contributed by atoms with Crippen LogP contribution in [0.5, 0.6) is 0 Å². The fourth-order valence-electron chi connectivity index (χ4n) is 2.44. The van der Waals surface area contributed by atoms with Crippen LogP contribution in [0.1, 0.15) is 23.2 Å². The Labute approximate surface area is 128 Å². The molecule has 0 aliphatic carbocycles. The van der Waals surface area contributed by atoms with Crippen LogP contribution >= 0.6 is 0 Å². The molecule has 1 aliphatic heterocycles. The number of benzene rings is 1. The summed E-state index contributed by atoms with van der Waals surface area (Å²) in [5, 5.41) is 8.84. The fraction of sp³-hybridized carbons (Fsp3) is 0.429. The molecule has 7 nitrogen and oxygen atoms in total. The number of ether oxygens (including phenoxy) is 1. The summed E-state index contributed by atoms with van der Waals surface area (Å²) < 4.78 is 31.0. The van der Waals surface area contributed by atoms with Gasteiger partial charge < -0.3 is 9.84 Å². The van der Waals surface area contributed by atoms with E-state index in [1.807, 2.05) is 0 Å². The van der Waals surface area contributed by atoms with Crippen molar-refractivity contribution >= 4 is 22.0 Å². The van der Waals surface area contributed by atoms with Gasteiger partial charge in [0, 0.05) is 13.1 Å². The van der Waals surface area contributed by atoms with Crippen molar-refractivity contribution in [3.8, 4) is 0 Å². The predicted molar refractivity (Wildman–Crippen MR) is 76.9 cm³/mol. The van der Waals surface area contributed by atoms with Crippen LogP contribution in [0.15, 0.2) is 29.2 Å². The second kappa shape index (κ2) is 6.45. The van der Waals surface area contributed by atoms with Crippen LogP contribution in [0.2, 0.25) is 0 Å². The highest BCUT2D eigenvalue weighted by molar-refractivity contribution is 7.89. The molecule has 1 fully saturated rings. The zero-order valence-electron chi connectivity index (χ0n) is 12.1. The van der Waals surface area contributed by atoms with Crippen molar-refractivity contribution < 1.29 is 27.9 Å². The van der Waals surface area contributed by atoms with E-state index >= 15 is 0 Å². The molecule has 0 bridgehead atoms. The van der Waals surface area contributed by atoms with E-state index in [4.69, 9.17) is 5.11 Å². The first-order chi connectivity index (χ1) is 10.4. The Balaban J connectivity index is 2.22. The fourth-order valence-corrected chi connectivity index (χ4v) is 3.96. The number of nitrogens with zero attached hydrogens (tertiary/aromatic N) is 1. The summed E-state index contributed by atoms with van der Waals surface area (Å²) in [7, 11) is -2.47. The first-order valence-electron chi connectivity index (χ1n) is 6.77. The number of sulfonamides is 1. The number of carbonyl (C=O) groups is 2. The molecule has 1 aromatic rings. The molecular weight excluding hydrogens is 310 g/mol. The first kappa shape index (κ1) is 16.4. The van der Waals surface area contributed by atoms with Gasteiger partial charge in [-0.3, -0.25) is 4.79 Å². The SMILES string of the molecule is COC(=O)C1CCCN(S(=O)(=O)c2ccc(C(=O)O)cc2)C1. The molecule has 0 amide bonds. The highest BCUT2D eigenvalue weighted by Gasteiger charge is 2.33. The molecule has 2 rings (SSSR count). The van der Waals surface area contributed by atoms with E-state index in [1.54, 1.807) is 0 Å². The van der Waals surface area contributed by atoms with Crippen LogP contribution < -0.4 is 0 Å². The summed E-state index contributed by atoms with van der Waals surface area (Å²) >= 11 is 0. The highest BCUT2D eigenvalue weighted by atomic mass is 32.2. The van der Waals surface area contributed by atoms with Crippen molar-refractivity contribution in [2.45, 2.75) is 17.7 Å². The molecule has 1 aliphatic rings. The third-order valence-corrected chi connectivity index (χ3v) is 5.54. The van der Waals surface area contributed by atoms with Crippen LogP contribution in [0, 0.1) is 5.92 Å². The van der Waals surface area contributed by atoms with Gasteiger partial charge in [0.05, 0.1) is 23.5 Å². The normalized spacial score (nSPS) is 19.6. The number of carbonyl (C=O) groups excluding carboxylic acids is 1. The Kier molecular flexibility index (Phi) is 4.82. The number of carboxylic acids is 1. The molecule has 120 valence electrons. The number of hydrogen-bond donors (Lipinski definition) is 1. The van der Waals surface area contributed by atoms with Crippen molar-refractivity contribution in [3.63, 3.8) is 0 Å². The lowest BCUT2D eigenvalue weighted by atomic mass is 10.0. The van der Waals surface area contributed by atoms with Crippen LogP contribution in [0.25, 0.3) is 0 Å². The topological polar surface area (TPSA) is 101 Å². The van der Waals surface area contributed by atoms with Gasteiger partial charge >= 0.3 is 11.9 Å². The molecule has 1 heterocycles. The Hall–Kier alpha value is -1.93. The Bertz CT molecular complexity index is 667. The number of esters is 1. The molecule has 1 aromatic carbocycles. The molecule has 1 unspecified atom stereocenters. The second-order valence-corrected chi connectivity index (χ2v) is 6.99. The molecule has 0 spiro atoms. The minimum absolute atomic E-state index is 0.0167. The van der Waals surface area contributed by atoms with Gasteiger partial charge in [-0.1, -0.05) is 0 Å². The molecule has 0 radical (unpaired) electrons. The first-order valence-corrected chi connectivity index (χ1v) is 8.21. The average molecular weight is 327 g/mol. The zero-order chi connectivity index (χ0) is 16.3. The standard InChI is InChI=1S/C14H17NO6S/c1-21-14(18)11-3-2-8-15(9-11)22(19,20)12-6-4-10(5-7-12)13(16)17/h4-7,11H,2-3,8-9H2,1H3,(H,16,17). The van der Waals surface area contributed by atoms with Crippen molar-refractivity contribution in [2.24, 2.45) is 5.92 Å². The lowest BCUT2D eigenvalue weighted by molar-refractivity contribution is -0.146. The number of hydrogen-bond acceptors (Lipinski definition) is 5. The maximum absolute atomic E-state index is 12.6. The van der Waals surface area contributed by atoms with Gasteiger partial charge in [0.15, 0.2) is 0 Å². The van der Waals surface area contributed by atoms with E-state index in [1.165, 1.54) is 35.7 Å². The molecule has 0 aromatic heterocycles. The van der Waals surface area contributed by atoms with Crippen LogP contribution in [-0.2, 0) is 19.6 Å². The molecule has 1 saturated heterocycles. The number of piperidine rings is 1. The van der Waals surface area contributed by atoms with Gasteiger partial charge in [-0.05, 0) is 37.1 Å². The van der Waals surface area contributed by atoms with Gasteiger partial charge in [-0.15, -0.1) is 0 Å². The molecular formula is C14H17NO6S. The largest absolute Gasteiger partial charge is 0.478 e. The summed E-state index contributed by atoms with van der Waals surface area (Å²) in [6.07, 6.45) is 1.17. The van der Waals surface area contributed by atoms with Crippen LogP contribution in [0.3, 0.4) is 0 Å². The lowest BCUT2D eigenvalue weighted by Crippen LogP contribution is -2.42.